The van der Waals surface area contributed by atoms with Gasteiger partial charge in [0.05, 0.1) is 12.2 Å². The maximum Gasteiger partial charge on any atom is 0.0564 e. The molecule has 0 spiro atoms. The van der Waals surface area contributed by atoms with E-state index in [-0.39, 0.29) is 12.2 Å². The molecule has 0 aliphatic rings. The molecular weight excluding hydrogens is 392 g/mol. The van der Waals surface area contributed by atoms with Crippen molar-refractivity contribution < 1.29 is 10.2 Å². The van der Waals surface area contributed by atoms with Crippen molar-refractivity contribution in [1.29, 1.82) is 0 Å². The van der Waals surface area contributed by atoms with E-state index in [0.29, 0.717) is 6.42 Å². The number of aliphatic hydroxyl groups excluding tert-OH is 2. The van der Waals surface area contributed by atoms with Gasteiger partial charge >= 0.3 is 0 Å². The predicted molar refractivity (Wildman–Crippen MR) is 143 cm³/mol. The van der Waals surface area contributed by atoms with Gasteiger partial charge in [0.2, 0.25) is 0 Å². The van der Waals surface area contributed by atoms with Gasteiger partial charge in [0.15, 0.2) is 0 Å². The zero-order valence-electron chi connectivity index (χ0n) is 22.4. The van der Waals surface area contributed by atoms with Crippen LogP contribution in [-0.4, -0.2) is 22.4 Å². The van der Waals surface area contributed by atoms with Crippen LogP contribution in [0.3, 0.4) is 0 Å². The molecule has 0 aliphatic heterocycles. The highest BCUT2D eigenvalue weighted by Gasteiger charge is 2.11. The highest BCUT2D eigenvalue weighted by atomic mass is 16.3. The lowest BCUT2D eigenvalue weighted by atomic mass is 10.00. The number of rotatable bonds is 27. The number of unbranched alkanes of at least 4 members (excludes halogenated alkanes) is 21. The lowest BCUT2D eigenvalue weighted by Gasteiger charge is -2.15. The van der Waals surface area contributed by atoms with Crippen LogP contribution in [0.4, 0.5) is 0 Å². The monoisotopic (exact) mass is 454 g/mol. The van der Waals surface area contributed by atoms with Gasteiger partial charge in [-0.25, -0.2) is 0 Å². The first-order chi connectivity index (χ1) is 15.7. The van der Waals surface area contributed by atoms with Crippen LogP contribution >= 0.6 is 0 Å². The molecule has 0 aromatic heterocycles. The van der Waals surface area contributed by atoms with Crippen molar-refractivity contribution in [2.75, 3.05) is 0 Å². The Balaban J connectivity index is 3.16. The van der Waals surface area contributed by atoms with Crippen LogP contribution in [0, 0.1) is 0 Å². The molecule has 0 rings (SSSR count). The van der Waals surface area contributed by atoms with Crippen LogP contribution in [0.15, 0.2) is 0 Å². The van der Waals surface area contributed by atoms with Crippen molar-refractivity contribution in [2.24, 2.45) is 0 Å². The second kappa shape index (κ2) is 27.2. The molecule has 2 unspecified atom stereocenters. The molecule has 0 amide bonds. The molecule has 0 radical (unpaired) electrons. The van der Waals surface area contributed by atoms with Gasteiger partial charge in [-0.1, -0.05) is 162 Å². The second-order valence-corrected chi connectivity index (χ2v) is 10.5. The van der Waals surface area contributed by atoms with E-state index in [1.54, 1.807) is 0 Å². The molecule has 2 heteroatoms. The summed E-state index contributed by atoms with van der Waals surface area (Å²) in [6.45, 7) is 4.47. The van der Waals surface area contributed by atoms with E-state index >= 15 is 0 Å². The first kappa shape index (κ1) is 31.9. The predicted octanol–water partition coefficient (Wildman–Crippen LogP) is 9.89. The van der Waals surface area contributed by atoms with Gasteiger partial charge < -0.3 is 10.2 Å². The summed E-state index contributed by atoms with van der Waals surface area (Å²) in [4.78, 5) is 0. The molecule has 0 aliphatic carbocycles. The Hall–Kier alpha value is -0.0800. The molecular formula is C30H62O2. The molecule has 0 saturated heterocycles. The number of hydrogen-bond acceptors (Lipinski definition) is 2. The van der Waals surface area contributed by atoms with Gasteiger partial charge in [-0.2, -0.15) is 0 Å². The minimum atomic E-state index is -0.304. The number of hydrogen-bond donors (Lipinski definition) is 2. The normalized spacial score (nSPS) is 13.5. The zero-order valence-corrected chi connectivity index (χ0v) is 22.4. The fourth-order valence-corrected chi connectivity index (χ4v) is 4.81. The van der Waals surface area contributed by atoms with Crippen LogP contribution in [0.2, 0.25) is 0 Å². The van der Waals surface area contributed by atoms with Crippen LogP contribution in [-0.2, 0) is 0 Å². The standard InChI is InChI=1S/C30H62O2/c1-3-5-7-8-9-10-11-12-13-14-15-16-17-18-19-20-21-22-23-25-27-30(32)28-29(31)26-24-6-4-2/h29-32H,3-28H2,1-2H3. The topological polar surface area (TPSA) is 40.5 Å². The summed E-state index contributed by atoms with van der Waals surface area (Å²) in [7, 11) is 0. The molecule has 2 atom stereocenters. The van der Waals surface area contributed by atoms with Crippen LogP contribution in [0.5, 0.6) is 0 Å². The van der Waals surface area contributed by atoms with Gasteiger partial charge in [-0.15, -0.1) is 0 Å². The first-order valence-electron chi connectivity index (χ1n) is 15.1. The Morgan fingerprint density at radius 2 is 0.562 bits per heavy atom. The molecule has 0 fully saturated rings. The average Bonchev–Trinajstić information content (AvgIpc) is 2.78. The van der Waals surface area contributed by atoms with Crippen molar-refractivity contribution in [3.63, 3.8) is 0 Å². The van der Waals surface area contributed by atoms with E-state index in [9.17, 15) is 10.2 Å². The smallest absolute Gasteiger partial charge is 0.0564 e. The zero-order chi connectivity index (χ0) is 23.5. The summed E-state index contributed by atoms with van der Waals surface area (Å²) in [5, 5.41) is 20.0. The summed E-state index contributed by atoms with van der Waals surface area (Å²) < 4.78 is 0. The summed E-state index contributed by atoms with van der Waals surface area (Å²) >= 11 is 0. The lowest BCUT2D eigenvalue weighted by Crippen LogP contribution is -2.17. The molecule has 32 heavy (non-hydrogen) atoms. The fraction of sp³-hybridized carbons (Fsp3) is 1.00. The Morgan fingerprint density at radius 1 is 0.344 bits per heavy atom. The third kappa shape index (κ3) is 26.2. The first-order valence-corrected chi connectivity index (χ1v) is 15.1. The summed E-state index contributed by atoms with van der Waals surface area (Å²) in [5.41, 5.74) is 0. The molecule has 0 aromatic rings. The van der Waals surface area contributed by atoms with Gasteiger partial charge in [-0.05, 0) is 19.3 Å². The van der Waals surface area contributed by atoms with Crippen molar-refractivity contribution in [2.45, 2.75) is 193 Å². The van der Waals surface area contributed by atoms with Gasteiger partial charge in [0, 0.05) is 0 Å². The maximum absolute atomic E-state index is 10.1. The quantitative estimate of drug-likeness (QED) is 0.121. The minimum absolute atomic E-state index is 0.304. The highest BCUT2D eigenvalue weighted by Crippen LogP contribution is 2.16. The van der Waals surface area contributed by atoms with Crippen LogP contribution < -0.4 is 0 Å². The largest absolute Gasteiger partial charge is 0.393 e. The van der Waals surface area contributed by atoms with E-state index in [2.05, 4.69) is 13.8 Å². The van der Waals surface area contributed by atoms with E-state index in [1.807, 2.05) is 0 Å². The summed E-state index contributed by atoms with van der Waals surface area (Å²) in [6, 6.07) is 0. The van der Waals surface area contributed by atoms with Gasteiger partial charge in [-0.3, -0.25) is 0 Å². The maximum atomic E-state index is 10.1. The number of aliphatic hydroxyl groups is 2. The fourth-order valence-electron chi connectivity index (χ4n) is 4.81. The molecule has 0 saturated carbocycles. The SMILES string of the molecule is CCCCCCCCCCCCCCCCCCCCCCC(O)CC(O)CCCCC. The lowest BCUT2D eigenvalue weighted by molar-refractivity contribution is 0.0681. The Kier molecular flexibility index (Phi) is 27.1. The van der Waals surface area contributed by atoms with Crippen LogP contribution in [0.25, 0.3) is 0 Å². The molecule has 2 N–H and O–H groups in total. The molecule has 2 nitrogen and oxygen atoms in total. The van der Waals surface area contributed by atoms with E-state index < -0.39 is 0 Å². The third-order valence-corrected chi connectivity index (χ3v) is 7.08. The van der Waals surface area contributed by atoms with Crippen molar-refractivity contribution >= 4 is 0 Å². The molecule has 0 aromatic carbocycles. The van der Waals surface area contributed by atoms with Crippen molar-refractivity contribution in [1.82, 2.24) is 0 Å². The van der Waals surface area contributed by atoms with Crippen molar-refractivity contribution in [3.8, 4) is 0 Å². The highest BCUT2D eigenvalue weighted by molar-refractivity contribution is 4.64. The van der Waals surface area contributed by atoms with Crippen LogP contribution in [0.1, 0.15) is 181 Å². The second-order valence-electron chi connectivity index (χ2n) is 10.5. The van der Waals surface area contributed by atoms with E-state index in [4.69, 9.17) is 0 Å². The minimum Gasteiger partial charge on any atom is -0.393 e. The third-order valence-electron chi connectivity index (χ3n) is 7.08. The van der Waals surface area contributed by atoms with Gasteiger partial charge in [0.25, 0.3) is 0 Å². The molecule has 0 heterocycles. The summed E-state index contributed by atoms with van der Waals surface area (Å²) in [6.07, 6.45) is 33.2. The Labute approximate surface area is 203 Å². The van der Waals surface area contributed by atoms with Gasteiger partial charge in [0.1, 0.15) is 0 Å². The van der Waals surface area contributed by atoms with E-state index in [0.717, 1.165) is 25.7 Å². The average molecular weight is 455 g/mol. The van der Waals surface area contributed by atoms with E-state index in [1.165, 1.54) is 135 Å². The Bertz CT molecular complexity index is 331. The molecule has 194 valence electrons. The summed E-state index contributed by atoms with van der Waals surface area (Å²) in [5.74, 6) is 0. The Morgan fingerprint density at radius 3 is 0.875 bits per heavy atom. The van der Waals surface area contributed by atoms with Crippen molar-refractivity contribution in [3.05, 3.63) is 0 Å². The molecule has 0 bridgehead atoms.